The number of aromatic nitrogens is 2. The second-order valence-corrected chi connectivity index (χ2v) is 4.50. The zero-order valence-corrected chi connectivity index (χ0v) is 12.1. The fraction of sp³-hybridized carbons (Fsp3) is 0.267. The Labute approximate surface area is 122 Å². The highest BCUT2D eigenvalue weighted by atomic mass is 16.5. The summed E-state index contributed by atoms with van der Waals surface area (Å²) in [5.41, 5.74) is 0.342. The minimum Gasteiger partial charge on any atom is -0.491 e. The van der Waals surface area contributed by atoms with Crippen molar-refractivity contribution in [2.45, 2.75) is 20.0 Å². The molecular formula is C15H16N2O4. The Morgan fingerprint density at radius 1 is 1.14 bits per heavy atom. The van der Waals surface area contributed by atoms with Crippen molar-refractivity contribution in [2.75, 3.05) is 7.11 Å². The highest BCUT2D eigenvalue weighted by Gasteiger charge is 2.12. The maximum absolute atomic E-state index is 11.7. The van der Waals surface area contributed by atoms with Gasteiger partial charge in [-0.05, 0) is 26.0 Å². The number of nitrogens with zero attached hydrogens (tertiary/aromatic N) is 2. The normalized spacial score (nSPS) is 10.3. The van der Waals surface area contributed by atoms with E-state index in [0.717, 1.165) is 0 Å². The first kappa shape index (κ1) is 14.8. The minimum atomic E-state index is -0.465. The van der Waals surface area contributed by atoms with E-state index in [4.69, 9.17) is 14.2 Å². The smallest absolute Gasteiger partial charge is 0.338 e. The van der Waals surface area contributed by atoms with Gasteiger partial charge in [-0.25, -0.2) is 9.78 Å². The number of rotatable bonds is 5. The van der Waals surface area contributed by atoms with Gasteiger partial charge >= 0.3 is 5.97 Å². The Morgan fingerprint density at radius 3 is 2.52 bits per heavy atom. The molecule has 0 aliphatic carbocycles. The fourth-order valence-corrected chi connectivity index (χ4v) is 1.67. The fourth-order valence-electron chi connectivity index (χ4n) is 1.67. The molecule has 0 amide bonds. The molecule has 0 spiro atoms. The van der Waals surface area contributed by atoms with E-state index in [1.807, 2.05) is 13.8 Å². The van der Waals surface area contributed by atoms with Crippen LogP contribution in [0.4, 0.5) is 0 Å². The summed E-state index contributed by atoms with van der Waals surface area (Å²) in [5.74, 6) is 0.809. The number of benzene rings is 1. The molecule has 0 unspecified atom stereocenters. The molecule has 0 radical (unpaired) electrons. The van der Waals surface area contributed by atoms with E-state index in [9.17, 15) is 4.79 Å². The van der Waals surface area contributed by atoms with Crippen LogP contribution in [0.15, 0.2) is 36.8 Å². The summed E-state index contributed by atoms with van der Waals surface area (Å²) in [7, 11) is 1.32. The second-order valence-electron chi connectivity index (χ2n) is 4.50. The maximum Gasteiger partial charge on any atom is 0.338 e. The van der Waals surface area contributed by atoms with Crippen LogP contribution in [0.25, 0.3) is 0 Å². The van der Waals surface area contributed by atoms with Gasteiger partial charge in [-0.3, -0.25) is 4.98 Å². The molecule has 0 aliphatic rings. The Balaban J connectivity index is 2.32. The molecule has 6 heteroatoms. The summed E-state index contributed by atoms with van der Waals surface area (Å²) in [6, 6.07) is 4.85. The molecule has 1 heterocycles. The lowest BCUT2D eigenvalue weighted by Crippen LogP contribution is -2.08. The molecular weight excluding hydrogens is 272 g/mol. The van der Waals surface area contributed by atoms with Gasteiger partial charge in [0.05, 0.1) is 25.0 Å². The van der Waals surface area contributed by atoms with Gasteiger partial charge in [0.15, 0.2) is 0 Å². The van der Waals surface area contributed by atoms with Crippen LogP contribution in [0, 0.1) is 0 Å². The minimum absolute atomic E-state index is 0.0257. The largest absolute Gasteiger partial charge is 0.491 e. The van der Waals surface area contributed by atoms with E-state index in [1.165, 1.54) is 19.5 Å². The molecule has 0 saturated carbocycles. The zero-order valence-electron chi connectivity index (χ0n) is 12.1. The molecule has 0 fully saturated rings. The molecule has 2 aromatic rings. The van der Waals surface area contributed by atoms with E-state index in [1.54, 1.807) is 24.4 Å². The summed E-state index contributed by atoms with van der Waals surface area (Å²) in [4.78, 5) is 19.6. The van der Waals surface area contributed by atoms with E-state index in [2.05, 4.69) is 9.97 Å². The standard InChI is InChI=1S/C15H16N2O4/c1-10(2)20-12-6-11(15(18)19-3)7-13(8-12)21-14-9-16-4-5-17-14/h4-10H,1-3H3. The van der Waals surface area contributed by atoms with Gasteiger partial charge in [-0.2, -0.15) is 0 Å². The Bertz CT molecular complexity index is 614. The molecule has 0 aliphatic heterocycles. The number of carbonyl (C=O) groups excluding carboxylic acids is 1. The third-order valence-corrected chi connectivity index (χ3v) is 2.43. The topological polar surface area (TPSA) is 70.5 Å². The Hall–Kier alpha value is -2.63. The summed E-state index contributed by atoms with van der Waals surface area (Å²) in [6.07, 6.45) is 4.52. The highest BCUT2D eigenvalue weighted by molar-refractivity contribution is 5.90. The van der Waals surface area contributed by atoms with Gasteiger partial charge in [-0.15, -0.1) is 0 Å². The van der Waals surface area contributed by atoms with Gasteiger partial charge in [-0.1, -0.05) is 0 Å². The van der Waals surface area contributed by atoms with Crippen molar-refractivity contribution in [1.82, 2.24) is 9.97 Å². The lowest BCUT2D eigenvalue weighted by atomic mass is 10.2. The third-order valence-electron chi connectivity index (χ3n) is 2.43. The summed E-state index contributed by atoms with van der Waals surface area (Å²) in [5, 5.41) is 0. The van der Waals surface area contributed by atoms with E-state index in [-0.39, 0.29) is 6.10 Å². The highest BCUT2D eigenvalue weighted by Crippen LogP contribution is 2.27. The quantitative estimate of drug-likeness (QED) is 0.788. The van der Waals surface area contributed by atoms with Crippen molar-refractivity contribution in [3.05, 3.63) is 42.4 Å². The van der Waals surface area contributed by atoms with Crippen LogP contribution in [0.3, 0.4) is 0 Å². The molecule has 0 N–H and O–H groups in total. The van der Waals surface area contributed by atoms with Gasteiger partial charge in [0.1, 0.15) is 11.5 Å². The summed E-state index contributed by atoms with van der Waals surface area (Å²) in [6.45, 7) is 3.79. The molecule has 1 aromatic heterocycles. The molecule has 110 valence electrons. The molecule has 0 bridgehead atoms. The van der Waals surface area contributed by atoms with Gasteiger partial charge in [0.25, 0.3) is 0 Å². The lowest BCUT2D eigenvalue weighted by molar-refractivity contribution is 0.0599. The number of methoxy groups -OCH3 is 1. The molecule has 6 nitrogen and oxygen atoms in total. The van der Waals surface area contributed by atoms with E-state index < -0.39 is 5.97 Å². The third kappa shape index (κ3) is 4.17. The van der Waals surface area contributed by atoms with Crippen molar-refractivity contribution in [1.29, 1.82) is 0 Å². The van der Waals surface area contributed by atoms with Crippen LogP contribution in [-0.4, -0.2) is 29.2 Å². The van der Waals surface area contributed by atoms with Crippen LogP contribution in [0.2, 0.25) is 0 Å². The Morgan fingerprint density at radius 2 is 1.90 bits per heavy atom. The van der Waals surface area contributed by atoms with Crippen LogP contribution in [0.5, 0.6) is 17.4 Å². The average Bonchev–Trinajstić information content (AvgIpc) is 2.46. The Kier molecular flexibility index (Phi) is 4.71. The molecule has 0 atom stereocenters. The maximum atomic E-state index is 11.7. The van der Waals surface area contributed by atoms with Crippen LogP contribution in [-0.2, 0) is 4.74 Å². The number of ether oxygens (including phenoxy) is 3. The zero-order chi connectivity index (χ0) is 15.2. The number of hydrogen-bond acceptors (Lipinski definition) is 6. The van der Waals surface area contributed by atoms with Crippen molar-refractivity contribution >= 4 is 5.97 Å². The van der Waals surface area contributed by atoms with Crippen molar-refractivity contribution in [3.63, 3.8) is 0 Å². The first-order valence-electron chi connectivity index (χ1n) is 6.42. The van der Waals surface area contributed by atoms with Crippen molar-refractivity contribution in [2.24, 2.45) is 0 Å². The molecule has 2 rings (SSSR count). The average molecular weight is 288 g/mol. The number of esters is 1. The molecule has 0 saturated heterocycles. The number of carbonyl (C=O) groups is 1. The van der Waals surface area contributed by atoms with Crippen LogP contribution >= 0.6 is 0 Å². The van der Waals surface area contributed by atoms with Crippen molar-refractivity contribution < 1.29 is 19.0 Å². The second kappa shape index (κ2) is 6.69. The monoisotopic (exact) mass is 288 g/mol. The predicted molar refractivity (Wildman–Crippen MR) is 75.7 cm³/mol. The van der Waals surface area contributed by atoms with Gasteiger partial charge in [0, 0.05) is 18.5 Å². The van der Waals surface area contributed by atoms with E-state index >= 15 is 0 Å². The number of hydrogen-bond donors (Lipinski definition) is 0. The van der Waals surface area contributed by atoms with Crippen LogP contribution in [0.1, 0.15) is 24.2 Å². The van der Waals surface area contributed by atoms with Crippen molar-refractivity contribution in [3.8, 4) is 17.4 Å². The first-order valence-corrected chi connectivity index (χ1v) is 6.42. The first-order chi connectivity index (χ1) is 10.1. The van der Waals surface area contributed by atoms with Gasteiger partial charge in [0.2, 0.25) is 5.88 Å². The summed E-state index contributed by atoms with van der Waals surface area (Å²) < 4.78 is 15.9. The SMILES string of the molecule is COC(=O)c1cc(Oc2cnccn2)cc(OC(C)C)c1. The summed E-state index contributed by atoms with van der Waals surface area (Å²) >= 11 is 0. The van der Waals surface area contributed by atoms with Gasteiger partial charge < -0.3 is 14.2 Å². The van der Waals surface area contributed by atoms with Crippen LogP contribution < -0.4 is 9.47 Å². The predicted octanol–water partition coefficient (Wildman–Crippen LogP) is 2.84. The molecule has 1 aromatic carbocycles. The lowest BCUT2D eigenvalue weighted by Gasteiger charge is -2.13. The molecule has 21 heavy (non-hydrogen) atoms. The van der Waals surface area contributed by atoms with E-state index in [0.29, 0.717) is 22.9 Å².